The molecule has 5 heteroatoms. The van der Waals surface area contributed by atoms with Gasteiger partial charge < -0.3 is 0 Å². The summed E-state index contributed by atoms with van der Waals surface area (Å²) in [6.45, 7) is 0. The molecule has 0 bridgehead atoms. The SMILES string of the molecule is O=Cc1cccc(-c2ccc(-c3cccc(C(F)(F)F)c3)s2)c1. The lowest BCUT2D eigenvalue weighted by atomic mass is 10.1. The molecule has 23 heavy (non-hydrogen) atoms. The van der Waals surface area contributed by atoms with Crippen molar-refractivity contribution in [2.75, 3.05) is 0 Å². The van der Waals surface area contributed by atoms with Gasteiger partial charge in [-0.1, -0.05) is 30.3 Å². The second-order valence-corrected chi connectivity index (χ2v) is 6.07. The van der Waals surface area contributed by atoms with Crippen LogP contribution in [-0.4, -0.2) is 6.29 Å². The van der Waals surface area contributed by atoms with Gasteiger partial charge in [0, 0.05) is 15.3 Å². The van der Waals surface area contributed by atoms with Crippen molar-refractivity contribution < 1.29 is 18.0 Å². The van der Waals surface area contributed by atoms with Crippen LogP contribution in [0.3, 0.4) is 0 Å². The van der Waals surface area contributed by atoms with E-state index in [2.05, 4.69) is 0 Å². The number of alkyl halides is 3. The molecule has 0 N–H and O–H groups in total. The van der Waals surface area contributed by atoms with Gasteiger partial charge in [-0.05, 0) is 41.5 Å². The van der Waals surface area contributed by atoms with Gasteiger partial charge in [0.1, 0.15) is 6.29 Å². The second-order valence-electron chi connectivity index (χ2n) is 4.99. The minimum absolute atomic E-state index is 0.530. The molecular weight excluding hydrogens is 321 g/mol. The summed E-state index contributed by atoms with van der Waals surface area (Å²) in [4.78, 5) is 12.5. The number of carbonyl (C=O) groups excluding carboxylic acids is 1. The van der Waals surface area contributed by atoms with E-state index in [0.29, 0.717) is 11.1 Å². The molecule has 1 aromatic heterocycles. The highest BCUT2D eigenvalue weighted by atomic mass is 32.1. The van der Waals surface area contributed by atoms with Gasteiger partial charge in [-0.3, -0.25) is 4.79 Å². The van der Waals surface area contributed by atoms with Crippen molar-refractivity contribution in [3.8, 4) is 20.9 Å². The quantitative estimate of drug-likeness (QED) is 0.545. The van der Waals surface area contributed by atoms with Gasteiger partial charge in [0.15, 0.2) is 0 Å². The standard InChI is InChI=1S/C18H11F3OS/c19-18(20,21)15-6-2-5-14(10-15)17-8-7-16(23-17)13-4-1-3-12(9-13)11-22/h1-11H. The van der Waals surface area contributed by atoms with E-state index in [4.69, 9.17) is 0 Å². The molecule has 0 saturated carbocycles. The third kappa shape index (κ3) is 3.35. The lowest BCUT2D eigenvalue weighted by molar-refractivity contribution is -0.137. The lowest BCUT2D eigenvalue weighted by Gasteiger charge is -2.07. The van der Waals surface area contributed by atoms with E-state index in [0.717, 1.165) is 33.7 Å². The molecule has 0 radical (unpaired) electrons. The van der Waals surface area contributed by atoms with Gasteiger partial charge in [-0.25, -0.2) is 0 Å². The minimum atomic E-state index is -4.35. The predicted molar refractivity (Wildman–Crippen MR) is 85.6 cm³/mol. The number of hydrogen-bond donors (Lipinski definition) is 0. The summed E-state index contributed by atoms with van der Waals surface area (Å²) in [5.74, 6) is 0. The Morgan fingerprint density at radius 3 is 2.04 bits per heavy atom. The van der Waals surface area contributed by atoms with Crippen molar-refractivity contribution in [1.29, 1.82) is 0 Å². The zero-order chi connectivity index (χ0) is 16.4. The molecule has 116 valence electrons. The van der Waals surface area contributed by atoms with Crippen LogP contribution in [0.2, 0.25) is 0 Å². The fraction of sp³-hybridized carbons (Fsp3) is 0.0556. The molecule has 0 unspecified atom stereocenters. The van der Waals surface area contributed by atoms with Crippen molar-refractivity contribution in [2.45, 2.75) is 6.18 Å². The maximum Gasteiger partial charge on any atom is 0.416 e. The van der Waals surface area contributed by atoms with Crippen molar-refractivity contribution in [1.82, 2.24) is 0 Å². The molecule has 3 rings (SSSR count). The molecule has 0 aliphatic rings. The van der Waals surface area contributed by atoms with E-state index in [1.165, 1.54) is 17.4 Å². The van der Waals surface area contributed by atoms with Crippen molar-refractivity contribution in [3.05, 3.63) is 71.8 Å². The average molecular weight is 332 g/mol. The van der Waals surface area contributed by atoms with Crippen LogP contribution in [0, 0.1) is 0 Å². The topological polar surface area (TPSA) is 17.1 Å². The van der Waals surface area contributed by atoms with Crippen LogP contribution in [0.1, 0.15) is 15.9 Å². The predicted octanol–water partition coefficient (Wildman–Crippen LogP) is 5.91. The summed E-state index contributed by atoms with van der Waals surface area (Å²) in [5, 5.41) is 0. The Morgan fingerprint density at radius 2 is 1.43 bits per heavy atom. The first kappa shape index (κ1) is 15.5. The van der Waals surface area contributed by atoms with E-state index in [1.807, 2.05) is 12.1 Å². The van der Waals surface area contributed by atoms with E-state index < -0.39 is 11.7 Å². The normalized spacial score (nSPS) is 11.4. The van der Waals surface area contributed by atoms with Crippen molar-refractivity contribution >= 4 is 17.6 Å². The molecular formula is C18H11F3OS. The van der Waals surface area contributed by atoms with Crippen LogP contribution >= 0.6 is 11.3 Å². The number of carbonyl (C=O) groups is 1. The summed E-state index contributed by atoms with van der Waals surface area (Å²) < 4.78 is 38.4. The molecule has 0 amide bonds. The first-order chi connectivity index (χ1) is 11.0. The van der Waals surface area contributed by atoms with Gasteiger partial charge >= 0.3 is 6.18 Å². The van der Waals surface area contributed by atoms with Crippen molar-refractivity contribution in [2.24, 2.45) is 0 Å². The highest BCUT2D eigenvalue weighted by molar-refractivity contribution is 7.18. The molecule has 0 saturated heterocycles. The first-order valence-corrected chi connectivity index (χ1v) is 7.62. The average Bonchev–Trinajstić information content (AvgIpc) is 3.04. The Balaban J connectivity index is 1.97. The second kappa shape index (κ2) is 6.01. The Morgan fingerprint density at radius 1 is 0.826 bits per heavy atom. The molecule has 1 nitrogen and oxygen atoms in total. The minimum Gasteiger partial charge on any atom is -0.298 e. The van der Waals surface area contributed by atoms with E-state index in [9.17, 15) is 18.0 Å². The smallest absolute Gasteiger partial charge is 0.298 e. The fourth-order valence-electron chi connectivity index (χ4n) is 2.26. The maximum atomic E-state index is 12.8. The summed E-state index contributed by atoms with van der Waals surface area (Å²) in [7, 11) is 0. The van der Waals surface area contributed by atoms with E-state index in [-0.39, 0.29) is 0 Å². The molecule has 0 fully saturated rings. The number of benzene rings is 2. The largest absolute Gasteiger partial charge is 0.416 e. The molecule has 0 aliphatic carbocycles. The van der Waals surface area contributed by atoms with Gasteiger partial charge in [0.05, 0.1) is 5.56 Å². The van der Waals surface area contributed by atoms with E-state index in [1.54, 1.807) is 30.3 Å². The van der Waals surface area contributed by atoms with Gasteiger partial charge in [0.2, 0.25) is 0 Å². The zero-order valence-corrected chi connectivity index (χ0v) is 12.6. The number of halogens is 3. The number of rotatable bonds is 3. The molecule has 2 aromatic carbocycles. The Labute approximate surface area is 135 Å². The molecule has 3 aromatic rings. The lowest BCUT2D eigenvalue weighted by Crippen LogP contribution is -2.04. The van der Waals surface area contributed by atoms with Crippen LogP contribution in [0.15, 0.2) is 60.7 Å². The number of thiophene rings is 1. The monoisotopic (exact) mass is 332 g/mol. The van der Waals surface area contributed by atoms with Crippen LogP contribution < -0.4 is 0 Å². The van der Waals surface area contributed by atoms with Crippen molar-refractivity contribution in [3.63, 3.8) is 0 Å². The third-order valence-corrected chi connectivity index (χ3v) is 4.57. The number of hydrogen-bond acceptors (Lipinski definition) is 2. The van der Waals surface area contributed by atoms with Gasteiger partial charge in [-0.15, -0.1) is 11.3 Å². The Hall–Kier alpha value is -2.40. The Bertz CT molecular complexity index is 849. The zero-order valence-electron chi connectivity index (χ0n) is 11.8. The summed E-state index contributed by atoms with van der Waals surface area (Å²) >= 11 is 1.39. The van der Waals surface area contributed by atoms with Gasteiger partial charge in [0.25, 0.3) is 0 Å². The van der Waals surface area contributed by atoms with Crippen LogP contribution in [0.4, 0.5) is 13.2 Å². The first-order valence-electron chi connectivity index (χ1n) is 6.80. The highest BCUT2D eigenvalue weighted by Gasteiger charge is 2.30. The maximum absolute atomic E-state index is 12.8. The summed E-state index contributed by atoms with van der Waals surface area (Å²) in [6, 6.07) is 16.0. The fourth-order valence-corrected chi connectivity index (χ4v) is 3.26. The third-order valence-electron chi connectivity index (χ3n) is 3.39. The molecule has 0 atom stereocenters. The van der Waals surface area contributed by atoms with E-state index >= 15 is 0 Å². The van der Waals surface area contributed by atoms with Crippen LogP contribution in [0.5, 0.6) is 0 Å². The molecule has 0 spiro atoms. The van der Waals surface area contributed by atoms with Gasteiger partial charge in [-0.2, -0.15) is 13.2 Å². The van der Waals surface area contributed by atoms with Crippen LogP contribution in [0.25, 0.3) is 20.9 Å². The molecule has 1 heterocycles. The highest BCUT2D eigenvalue weighted by Crippen LogP contribution is 2.37. The summed E-state index contributed by atoms with van der Waals surface area (Å²) in [5.41, 5.74) is 1.31. The number of aldehydes is 1. The van der Waals surface area contributed by atoms with Crippen LogP contribution in [-0.2, 0) is 6.18 Å². The summed E-state index contributed by atoms with van der Waals surface area (Å²) in [6.07, 6.45) is -3.58. The molecule has 0 aliphatic heterocycles. The Kier molecular flexibility index (Phi) is 4.05.